The molecule has 2 nitrogen and oxygen atoms in total. The van der Waals surface area contributed by atoms with E-state index in [-0.39, 0.29) is 36.6 Å². The summed E-state index contributed by atoms with van der Waals surface area (Å²) in [5.74, 6) is -0.0597. The van der Waals surface area contributed by atoms with Crippen LogP contribution in [-0.2, 0) is 4.79 Å². The largest absolute Gasteiger partial charge is 0.369 e. The zero-order chi connectivity index (χ0) is 15.1. The summed E-state index contributed by atoms with van der Waals surface area (Å²) in [7, 11) is 0. The van der Waals surface area contributed by atoms with Crippen molar-refractivity contribution < 1.29 is 4.79 Å². The normalized spacial score (nSPS) is 11.7. The highest BCUT2D eigenvalue weighted by molar-refractivity contribution is 5.85. The molecule has 0 aliphatic rings. The number of amides is 1. The number of rotatable bonds is 14. The molecule has 0 heterocycles. The molecular formula is C18H37Cl2NO. The number of halogens is 2. The van der Waals surface area contributed by atoms with Gasteiger partial charge in [0.1, 0.15) is 0 Å². The van der Waals surface area contributed by atoms with Gasteiger partial charge in [0.2, 0.25) is 5.91 Å². The van der Waals surface area contributed by atoms with Gasteiger partial charge in [-0.25, -0.2) is 0 Å². The number of hydrogen-bond acceptors (Lipinski definition) is 1. The Labute approximate surface area is 150 Å². The molecule has 1 unspecified atom stereocenters. The van der Waals surface area contributed by atoms with Crippen LogP contribution in [-0.4, -0.2) is 5.91 Å². The molecule has 0 saturated heterocycles. The fourth-order valence-electron chi connectivity index (χ4n) is 2.53. The summed E-state index contributed by atoms with van der Waals surface area (Å²) in [6.07, 6.45) is 19.1. The number of carbonyl (C=O) groups is 1. The molecule has 0 spiro atoms. The Morgan fingerprint density at radius 2 is 1.36 bits per heavy atom. The van der Waals surface area contributed by atoms with E-state index >= 15 is 0 Å². The van der Waals surface area contributed by atoms with E-state index in [1.807, 2.05) is 0 Å². The van der Waals surface area contributed by atoms with Crippen LogP contribution >= 0.6 is 24.8 Å². The Hall–Kier alpha value is -0.210. The molecule has 2 N–H and O–H groups in total. The predicted octanol–water partition coefficient (Wildman–Crippen LogP) is 6.21. The average molecular weight is 354 g/mol. The van der Waals surface area contributed by atoms with Crippen LogP contribution in [0.25, 0.3) is 0 Å². The van der Waals surface area contributed by atoms with Crippen LogP contribution in [0, 0.1) is 5.92 Å². The Morgan fingerprint density at radius 3 is 1.91 bits per heavy atom. The van der Waals surface area contributed by atoms with E-state index in [1.54, 1.807) is 0 Å². The van der Waals surface area contributed by atoms with Crippen LogP contribution in [0.15, 0.2) is 12.2 Å². The standard InChI is InChI=1S/C18H35NO.2ClH/c1-3-5-6-7-8-9-10-11-12-13-14-16-17(15-4-2)18(19)20;;/h12-13,17H,3-11,14-16H2,1-2H3,(H2,19,20);2*1H. The van der Waals surface area contributed by atoms with Crippen molar-refractivity contribution in [3.8, 4) is 0 Å². The molecule has 1 atom stereocenters. The summed E-state index contributed by atoms with van der Waals surface area (Å²) in [6.45, 7) is 4.36. The number of nitrogens with two attached hydrogens (primary N) is 1. The van der Waals surface area contributed by atoms with Gasteiger partial charge in [0.15, 0.2) is 0 Å². The van der Waals surface area contributed by atoms with E-state index in [9.17, 15) is 4.79 Å². The monoisotopic (exact) mass is 353 g/mol. The van der Waals surface area contributed by atoms with Crippen molar-refractivity contribution in [2.75, 3.05) is 0 Å². The zero-order valence-electron chi connectivity index (χ0n) is 14.5. The van der Waals surface area contributed by atoms with Crippen LogP contribution in [0.5, 0.6) is 0 Å². The summed E-state index contributed by atoms with van der Waals surface area (Å²) >= 11 is 0. The van der Waals surface area contributed by atoms with Gasteiger partial charge in [-0.3, -0.25) is 4.79 Å². The molecule has 0 saturated carbocycles. The third-order valence-corrected chi connectivity index (χ3v) is 3.86. The Morgan fingerprint density at radius 1 is 0.818 bits per heavy atom. The molecule has 0 aromatic heterocycles. The minimum atomic E-state index is -0.132. The first kappa shape index (κ1) is 26.7. The lowest BCUT2D eigenvalue weighted by atomic mass is 9.97. The number of carbonyl (C=O) groups excluding carboxylic acids is 1. The SMILES string of the molecule is CCCCCCCCCC=CCCC(CCC)C(N)=O.Cl.Cl. The lowest BCUT2D eigenvalue weighted by Gasteiger charge is -2.09. The van der Waals surface area contributed by atoms with Crippen molar-refractivity contribution in [1.82, 2.24) is 0 Å². The maximum absolute atomic E-state index is 11.2. The van der Waals surface area contributed by atoms with Crippen molar-refractivity contribution in [2.24, 2.45) is 11.7 Å². The van der Waals surface area contributed by atoms with Crippen molar-refractivity contribution >= 4 is 30.7 Å². The number of hydrogen-bond donors (Lipinski definition) is 1. The molecule has 4 heteroatoms. The van der Waals surface area contributed by atoms with Crippen LogP contribution < -0.4 is 5.73 Å². The highest BCUT2D eigenvalue weighted by Gasteiger charge is 2.12. The van der Waals surface area contributed by atoms with Crippen molar-refractivity contribution in [1.29, 1.82) is 0 Å². The summed E-state index contributed by atoms with van der Waals surface area (Å²) < 4.78 is 0. The molecule has 0 fully saturated rings. The minimum Gasteiger partial charge on any atom is -0.369 e. The van der Waals surface area contributed by atoms with Gasteiger partial charge in [-0.2, -0.15) is 0 Å². The molecule has 0 aromatic carbocycles. The molecule has 0 aromatic rings. The summed E-state index contributed by atoms with van der Waals surface area (Å²) in [6, 6.07) is 0. The molecule has 0 bridgehead atoms. The third kappa shape index (κ3) is 17.8. The summed E-state index contributed by atoms with van der Waals surface area (Å²) in [5.41, 5.74) is 5.39. The second kappa shape index (κ2) is 20.8. The van der Waals surface area contributed by atoms with E-state index in [1.165, 1.54) is 51.4 Å². The van der Waals surface area contributed by atoms with Crippen molar-refractivity contribution in [3.05, 3.63) is 12.2 Å². The molecule has 22 heavy (non-hydrogen) atoms. The van der Waals surface area contributed by atoms with Crippen molar-refractivity contribution in [3.63, 3.8) is 0 Å². The highest BCUT2D eigenvalue weighted by Crippen LogP contribution is 2.14. The lowest BCUT2D eigenvalue weighted by Crippen LogP contribution is -2.22. The first-order valence-electron chi connectivity index (χ1n) is 8.66. The summed E-state index contributed by atoms with van der Waals surface area (Å²) in [5, 5.41) is 0. The molecule has 134 valence electrons. The minimum absolute atomic E-state index is 0. The van der Waals surface area contributed by atoms with Gasteiger partial charge in [-0.1, -0.05) is 70.9 Å². The van der Waals surface area contributed by atoms with Gasteiger partial charge in [-0.05, 0) is 32.1 Å². The lowest BCUT2D eigenvalue weighted by molar-refractivity contribution is -0.122. The Bertz CT molecular complexity index is 257. The van der Waals surface area contributed by atoms with Gasteiger partial charge in [0.05, 0.1) is 0 Å². The van der Waals surface area contributed by atoms with E-state index in [0.717, 1.165) is 25.7 Å². The highest BCUT2D eigenvalue weighted by atomic mass is 35.5. The van der Waals surface area contributed by atoms with Crippen LogP contribution in [0.2, 0.25) is 0 Å². The molecular weight excluding hydrogens is 317 g/mol. The molecule has 0 aliphatic heterocycles. The van der Waals surface area contributed by atoms with E-state index in [4.69, 9.17) is 5.73 Å². The maximum Gasteiger partial charge on any atom is 0.220 e. The Kier molecular flexibility index (Phi) is 25.2. The molecule has 0 rings (SSSR count). The zero-order valence-corrected chi connectivity index (χ0v) is 16.2. The number of allylic oxidation sites excluding steroid dienone is 2. The van der Waals surface area contributed by atoms with Gasteiger partial charge < -0.3 is 5.73 Å². The molecule has 0 aliphatic carbocycles. The van der Waals surface area contributed by atoms with E-state index < -0.39 is 0 Å². The second-order valence-corrected chi connectivity index (χ2v) is 5.85. The Balaban J connectivity index is -0.00000180. The molecule has 0 radical (unpaired) electrons. The van der Waals surface area contributed by atoms with Gasteiger partial charge >= 0.3 is 0 Å². The first-order valence-corrected chi connectivity index (χ1v) is 8.66. The third-order valence-electron chi connectivity index (χ3n) is 3.86. The smallest absolute Gasteiger partial charge is 0.220 e. The maximum atomic E-state index is 11.2. The van der Waals surface area contributed by atoms with Crippen LogP contribution in [0.3, 0.4) is 0 Å². The van der Waals surface area contributed by atoms with Crippen LogP contribution in [0.4, 0.5) is 0 Å². The van der Waals surface area contributed by atoms with Crippen LogP contribution in [0.1, 0.15) is 90.9 Å². The molecule has 1 amide bonds. The van der Waals surface area contributed by atoms with E-state index in [0.29, 0.717) is 0 Å². The number of primary amides is 1. The fourth-order valence-corrected chi connectivity index (χ4v) is 2.53. The van der Waals surface area contributed by atoms with Gasteiger partial charge in [-0.15, -0.1) is 24.8 Å². The predicted molar refractivity (Wildman–Crippen MR) is 103 cm³/mol. The topological polar surface area (TPSA) is 43.1 Å². The van der Waals surface area contributed by atoms with Crippen molar-refractivity contribution in [2.45, 2.75) is 90.9 Å². The van der Waals surface area contributed by atoms with Gasteiger partial charge in [0.25, 0.3) is 0 Å². The quantitative estimate of drug-likeness (QED) is 0.292. The number of unbranched alkanes of at least 4 members (excludes halogenated alkanes) is 7. The average Bonchev–Trinajstić information content (AvgIpc) is 2.43. The fraction of sp³-hybridized carbons (Fsp3) is 0.833. The van der Waals surface area contributed by atoms with Gasteiger partial charge in [0, 0.05) is 5.92 Å². The summed E-state index contributed by atoms with van der Waals surface area (Å²) in [4.78, 5) is 11.2. The van der Waals surface area contributed by atoms with E-state index in [2.05, 4.69) is 26.0 Å². The second-order valence-electron chi connectivity index (χ2n) is 5.85. The first-order chi connectivity index (χ1) is 9.72.